The van der Waals surface area contributed by atoms with E-state index in [9.17, 15) is 0 Å². The number of anilines is 3. The molecule has 1 atom stereocenters. The van der Waals surface area contributed by atoms with Crippen LogP contribution in [-0.4, -0.2) is 39.1 Å². The van der Waals surface area contributed by atoms with E-state index in [2.05, 4.69) is 39.8 Å². The lowest BCUT2D eigenvalue weighted by atomic mass is 9.80. The first-order chi connectivity index (χ1) is 17.1. The van der Waals surface area contributed by atoms with Crippen LogP contribution in [0.4, 0.5) is 17.3 Å². The van der Waals surface area contributed by atoms with Crippen LogP contribution in [0.3, 0.4) is 0 Å². The molecule has 1 saturated carbocycles. The molecule has 4 heterocycles. The van der Waals surface area contributed by atoms with Crippen LogP contribution < -0.4 is 16.0 Å². The summed E-state index contributed by atoms with van der Waals surface area (Å²) in [7, 11) is 0. The zero-order chi connectivity index (χ0) is 23.8. The summed E-state index contributed by atoms with van der Waals surface area (Å²) in [5.74, 6) is 2.92. The Morgan fingerprint density at radius 3 is 2.66 bits per heavy atom. The Bertz CT molecular complexity index is 1350. The summed E-state index contributed by atoms with van der Waals surface area (Å²) in [6.07, 6.45) is 9.15. The van der Waals surface area contributed by atoms with Gasteiger partial charge < -0.3 is 16.0 Å². The lowest BCUT2D eigenvalue weighted by molar-refractivity contribution is 0.236. The number of para-hydroxylation sites is 1. The Morgan fingerprint density at radius 2 is 1.86 bits per heavy atom. The molecule has 3 N–H and O–H groups in total. The zero-order valence-corrected chi connectivity index (χ0v) is 20.3. The molecule has 2 fully saturated rings. The highest BCUT2D eigenvalue weighted by atomic mass is 15.1. The molecule has 0 amide bonds. The second-order valence-electron chi connectivity index (χ2n) is 10.4. The van der Waals surface area contributed by atoms with Gasteiger partial charge in [-0.15, -0.1) is 0 Å². The smallest absolute Gasteiger partial charge is 0.162 e. The first-order valence-corrected chi connectivity index (χ1v) is 12.5. The second kappa shape index (κ2) is 8.89. The van der Waals surface area contributed by atoms with Crippen LogP contribution in [0.25, 0.3) is 22.3 Å². The van der Waals surface area contributed by atoms with Crippen molar-refractivity contribution in [1.29, 1.82) is 0 Å². The minimum absolute atomic E-state index is 0.117. The highest BCUT2D eigenvalue weighted by molar-refractivity contribution is 5.93. The van der Waals surface area contributed by atoms with Gasteiger partial charge in [0.15, 0.2) is 5.82 Å². The van der Waals surface area contributed by atoms with Crippen molar-refractivity contribution in [3.63, 3.8) is 0 Å². The molecule has 0 spiro atoms. The number of benzene rings is 1. The molecule has 0 radical (unpaired) electrons. The maximum atomic E-state index is 5.12. The van der Waals surface area contributed by atoms with Gasteiger partial charge in [0.05, 0.1) is 11.7 Å². The fraction of sp³-hybridized carbons (Fsp3) is 0.357. The molecule has 4 aromatic rings. The van der Waals surface area contributed by atoms with Crippen LogP contribution in [0, 0.1) is 5.41 Å². The number of piperidine rings is 1. The lowest BCUT2D eigenvalue weighted by Gasteiger charge is -2.40. The SMILES string of the molecule is CC1(C)CNCCC1Nc1nc(-c2ccnc(Nc3ccccc3)c2)nc2cncc(C3CC3)c12. The monoisotopic (exact) mass is 465 g/mol. The number of nitrogens with one attached hydrogen (secondary N) is 3. The normalized spacial score (nSPS) is 19.4. The predicted octanol–water partition coefficient (Wildman–Crippen LogP) is 5.51. The number of hydrogen-bond acceptors (Lipinski definition) is 7. The largest absolute Gasteiger partial charge is 0.366 e. The van der Waals surface area contributed by atoms with Crippen molar-refractivity contribution in [2.75, 3.05) is 23.7 Å². The maximum absolute atomic E-state index is 5.12. The summed E-state index contributed by atoms with van der Waals surface area (Å²) in [5.41, 5.74) is 4.19. The lowest BCUT2D eigenvalue weighted by Crippen LogP contribution is -2.49. The van der Waals surface area contributed by atoms with E-state index in [0.717, 1.165) is 53.3 Å². The second-order valence-corrected chi connectivity index (χ2v) is 10.4. The van der Waals surface area contributed by atoms with Gasteiger partial charge in [-0.1, -0.05) is 32.0 Å². The fourth-order valence-electron chi connectivity index (χ4n) is 4.96. The van der Waals surface area contributed by atoms with Crippen LogP contribution in [0.15, 0.2) is 61.1 Å². The quantitative estimate of drug-likeness (QED) is 0.346. The van der Waals surface area contributed by atoms with Gasteiger partial charge in [-0.3, -0.25) is 4.98 Å². The van der Waals surface area contributed by atoms with Crippen molar-refractivity contribution in [3.05, 3.63) is 66.6 Å². The van der Waals surface area contributed by atoms with Crippen LogP contribution >= 0.6 is 0 Å². The van der Waals surface area contributed by atoms with Gasteiger partial charge >= 0.3 is 0 Å². The summed E-state index contributed by atoms with van der Waals surface area (Å²) in [5, 5.41) is 11.9. The molecule has 0 bridgehead atoms. The molecular weight excluding hydrogens is 434 g/mol. The zero-order valence-electron chi connectivity index (χ0n) is 20.3. The number of nitrogens with zero attached hydrogens (tertiary/aromatic N) is 4. The van der Waals surface area contributed by atoms with Crippen molar-refractivity contribution in [1.82, 2.24) is 25.3 Å². The van der Waals surface area contributed by atoms with Crippen molar-refractivity contribution in [2.45, 2.75) is 45.1 Å². The van der Waals surface area contributed by atoms with Crippen molar-refractivity contribution in [2.24, 2.45) is 5.41 Å². The number of pyridine rings is 2. The summed E-state index contributed by atoms with van der Waals surface area (Å²) >= 11 is 0. The first kappa shape index (κ1) is 21.9. The van der Waals surface area contributed by atoms with Gasteiger partial charge in [0.2, 0.25) is 0 Å². The van der Waals surface area contributed by atoms with Gasteiger partial charge in [-0.05, 0) is 67.0 Å². The molecule has 1 unspecified atom stereocenters. The minimum Gasteiger partial charge on any atom is -0.366 e. The van der Waals surface area contributed by atoms with Crippen LogP contribution in [0.5, 0.6) is 0 Å². The molecule has 1 aliphatic carbocycles. The average molecular weight is 466 g/mol. The molecule has 178 valence electrons. The molecule has 1 aromatic carbocycles. The molecule has 3 aromatic heterocycles. The average Bonchev–Trinajstić information content (AvgIpc) is 3.71. The Hall–Kier alpha value is -3.58. The Balaban J connectivity index is 1.42. The minimum atomic E-state index is 0.117. The molecule has 2 aliphatic rings. The van der Waals surface area contributed by atoms with E-state index in [1.54, 1.807) is 6.20 Å². The highest BCUT2D eigenvalue weighted by Crippen LogP contribution is 2.44. The standard InChI is InChI=1S/C28H31N7/c1-28(2)17-29-12-11-23(28)34-27-25-21(18-8-9-18)15-30-16-22(25)33-26(35-27)19-10-13-31-24(14-19)32-20-6-4-3-5-7-20/h3-7,10,13-16,18,23,29H,8-9,11-12,17H2,1-2H3,(H,31,32)(H,33,34,35). The van der Waals surface area contributed by atoms with E-state index >= 15 is 0 Å². The molecular formula is C28H31N7. The predicted molar refractivity (Wildman–Crippen MR) is 141 cm³/mol. The number of rotatable bonds is 6. The third-order valence-corrected chi connectivity index (χ3v) is 7.16. The van der Waals surface area contributed by atoms with Gasteiger partial charge in [0.1, 0.15) is 11.6 Å². The molecule has 7 nitrogen and oxygen atoms in total. The van der Waals surface area contributed by atoms with Crippen LogP contribution in [0.2, 0.25) is 0 Å². The Kier molecular flexibility index (Phi) is 5.57. The third kappa shape index (κ3) is 4.56. The van der Waals surface area contributed by atoms with E-state index in [1.165, 1.54) is 18.4 Å². The Morgan fingerprint density at radius 1 is 1.00 bits per heavy atom. The number of aromatic nitrogens is 4. The highest BCUT2D eigenvalue weighted by Gasteiger charge is 2.34. The molecule has 35 heavy (non-hydrogen) atoms. The van der Waals surface area contributed by atoms with E-state index in [1.807, 2.05) is 54.9 Å². The van der Waals surface area contributed by atoms with E-state index < -0.39 is 0 Å². The van der Waals surface area contributed by atoms with E-state index in [4.69, 9.17) is 9.97 Å². The number of hydrogen-bond donors (Lipinski definition) is 3. The topological polar surface area (TPSA) is 87.7 Å². The Labute approximate surface area is 205 Å². The summed E-state index contributed by atoms with van der Waals surface area (Å²) in [6, 6.07) is 14.3. The third-order valence-electron chi connectivity index (χ3n) is 7.16. The van der Waals surface area contributed by atoms with Gasteiger partial charge in [-0.25, -0.2) is 15.0 Å². The molecule has 6 rings (SSSR count). The summed E-state index contributed by atoms with van der Waals surface area (Å²) in [6.45, 7) is 6.62. The van der Waals surface area contributed by atoms with Crippen molar-refractivity contribution >= 4 is 28.2 Å². The maximum Gasteiger partial charge on any atom is 0.162 e. The van der Waals surface area contributed by atoms with Crippen molar-refractivity contribution in [3.8, 4) is 11.4 Å². The fourth-order valence-corrected chi connectivity index (χ4v) is 4.96. The van der Waals surface area contributed by atoms with Gasteiger partial charge in [0.25, 0.3) is 0 Å². The van der Waals surface area contributed by atoms with Gasteiger partial charge in [-0.2, -0.15) is 0 Å². The van der Waals surface area contributed by atoms with E-state index in [0.29, 0.717) is 17.8 Å². The first-order valence-electron chi connectivity index (χ1n) is 12.5. The molecule has 1 aliphatic heterocycles. The van der Waals surface area contributed by atoms with Gasteiger partial charge in [0, 0.05) is 41.6 Å². The van der Waals surface area contributed by atoms with Crippen LogP contribution in [0.1, 0.15) is 44.6 Å². The van der Waals surface area contributed by atoms with Crippen molar-refractivity contribution < 1.29 is 0 Å². The van der Waals surface area contributed by atoms with Crippen LogP contribution in [-0.2, 0) is 0 Å². The molecule has 1 saturated heterocycles. The number of fused-ring (bicyclic) bond motifs is 1. The summed E-state index contributed by atoms with van der Waals surface area (Å²) < 4.78 is 0. The summed E-state index contributed by atoms with van der Waals surface area (Å²) in [4.78, 5) is 19.1. The molecule has 7 heteroatoms. The van der Waals surface area contributed by atoms with E-state index in [-0.39, 0.29) is 5.41 Å².